The maximum Gasteiger partial charge on any atom is 0.00556 e. The van der Waals surface area contributed by atoms with Gasteiger partial charge in [0.1, 0.15) is 0 Å². The van der Waals surface area contributed by atoms with Gasteiger partial charge in [0, 0.05) is 14.1 Å². The molecule has 0 aromatic rings. The Labute approximate surface area is 210 Å². The third kappa shape index (κ3) is 27.1. The second-order valence-electron chi connectivity index (χ2n) is 10.3. The van der Waals surface area contributed by atoms with Gasteiger partial charge in [0.05, 0.1) is 0 Å². The van der Waals surface area contributed by atoms with Crippen molar-refractivity contribution in [1.82, 2.24) is 4.90 Å². The molecule has 0 saturated carbocycles. The van der Waals surface area contributed by atoms with Crippen LogP contribution in [-0.2, 0) is 0 Å². The summed E-state index contributed by atoms with van der Waals surface area (Å²) >= 11 is 0. The first kappa shape index (κ1) is 32.0. The number of hydrogen-bond acceptors (Lipinski definition) is 1. The van der Waals surface area contributed by atoms with Crippen LogP contribution in [0.15, 0.2) is 36.1 Å². The van der Waals surface area contributed by atoms with Gasteiger partial charge < -0.3 is 4.90 Å². The lowest BCUT2D eigenvalue weighted by molar-refractivity contribution is 0.533. The zero-order chi connectivity index (χ0) is 24.2. The number of nitrogens with zero attached hydrogens (tertiary/aromatic N) is 1. The molecule has 0 unspecified atom stereocenters. The van der Waals surface area contributed by atoms with E-state index in [0.29, 0.717) is 0 Å². The van der Waals surface area contributed by atoms with Gasteiger partial charge in [-0.3, -0.25) is 0 Å². The SMILES string of the molecule is CCCCCC=CCC=CCCCCCCCCCC(=CN(C)C)CCCCCCCCC. The molecule has 0 aromatic heterocycles. The molecule has 0 heterocycles. The van der Waals surface area contributed by atoms with Crippen molar-refractivity contribution in [2.24, 2.45) is 0 Å². The monoisotopic (exact) mass is 459 g/mol. The average molecular weight is 460 g/mol. The highest BCUT2D eigenvalue weighted by Gasteiger charge is 2.01. The normalized spacial score (nSPS) is 12.4. The Kier molecular flexibility index (Phi) is 26.5. The lowest BCUT2D eigenvalue weighted by atomic mass is 9.99. The van der Waals surface area contributed by atoms with Crippen molar-refractivity contribution >= 4 is 0 Å². The molecule has 0 aliphatic rings. The summed E-state index contributed by atoms with van der Waals surface area (Å²) in [5.74, 6) is 0. The Morgan fingerprint density at radius 2 is 0.879 bits per heavy atom. The van der Waals surface area contributed by atoms with Gasteiger partial charge in [-0.15, -0.1) is 0 Å². The van der Waals surface area contributed by atoms with Crippen molar-refractivity contribution in [2.45, 2.75) is 155 Å². The molecule has 0 spiro atoms. The Morgan fingerprint density at radius 1 is 0.485 bits per heavy atom. The lowest BCUT2D eigenvalue weighted by Crippen LogP contribution is -2.03. The molecule has 0 aliphatic heterocycles. The van der Waals surface area contributed by atoms with E-state index in [2.05, 4.69) is 63.3 Å². The highest BCUT2D eigenvalue weighted by Crippen LogP contribution is 2.19. The van der Waals surface area contributed by atoms with Gasteiger partial charge in [-0.25, -0.2) is 0 Å². The Hall–Kier alpha value is -0.980. The van der Waals surface area contributed by atoms with E-state index in [4.69, 9.17) is 0 Å². The van der Waals surface area contributed by atoms with Crippen LogP contribution in [0, 0.1) is 0 Å². The Balaban J connectivity index is 3.58. The predicted octanol–water partition coefficient (Wildman–Crippen LogP) is 11.2. The molecular weight excluding hydrogens is 398 g/mol. The van der Waals surface area contributed by atoms with Crippen LogP contribution in [0.2, 0.25) is 0 Å². The largest absolute Gasteiger partial charge is 0.384 e. The van der Waals surface area contributed by atoms with Gasteiger partial charge in [0.2, 0.25) is 0 Å². The zero-order valence-electron chi connectivity index (χ0n) is 23.4. The number of rotatable bonds is 25. The van der Waals surface area contributed by atoms with Crippen LogP contribution in [-0.4, -0.2) is 19.0 Å². The molecule has 0 radical (unpaired) electrons. The van der Waals surface area contributed by atoms with Gasteiger partial charge >= 0.3 is 0 Å². The standard InChI is InChI=1S/C32H61N/c1-5-7-9-11-13-14-15-16-17-18-19-20-21-22-24-26-28-30-32(31-33(3)4)29-27-25-23-12-10-8-6-2/h13-14,16-17,31H,5-12,15,18-30H2,1-4H3. The molecule has 0 saturated heterocycles. The summed E-state index contributed by atoms with van der Waals surface area (Å²) in [7, 11) is 4.34. The van der Waals surface area contributed by atoms with E-state index in [-0.39, 0.29) is 0 Å². The zero-order valence-corrected chi connectivity index (χ0v) is 23.4. The third-order valence-corrected chi connectivity index (χ3v) is 6.49. The molecule has 0 rings (SSSR count). The minimum absolute atomic E-state index is 1.12. The van der Waals surface area contributed by atoms with Gasteiger partial charge in [0.15, 0.2) is 0 Å². The fourth-order valence-electron chi connectivity index (χ4n) is 4.45. The van der Waals surface area contributed by atoms with Crippen LogP contribution in [0.1, 0.15) is 155 Å². The van der Waals surface area contributed by atoms with Gasteiger partial charge in [-0.2, -0.15) is 0 Å². The van der Waals surface area contributed by atoms with E-state index in [9.17, 15) is 0 Å². The molecule has 1 heteroatoms. The Morgan fingerprint density at radius 3 is 1.36 bits per heavy atom. The first-order valence-electron chi connectivity index (χ1n) is 14.9. The minimum atomic E-state index is 1.12. The third-order valence-electron chi connectivity index (χ3n) is 6.49. The molecule has 0 aromatic carbocycles. The number of unbranched alkanes of at least 4 members (excludes halogenated alkanes) is 16. The van der Waals surface area contributed by atoms with E-state index in [1.54, 1.807) is 5.57 Å². The Bertz CT molecular complexity index is 457. The highest BCUT2D eigenvalue weighted by atomic mass is 15.0. The molecule has 0 N–H and O–H groups in total. The molecule has 0 fully saturated rings. The molecule has 0 aliphatic carbocycles. The number of hydrogen-bond donors (Lipinski definition) is 0. The van der Waals surface area contributed by atoms with Crippen LogP contribution in [0.5, 0.6) is 0 Å². The molecule has 194 valence electrons. The van der Waals surface area contributed by atoms with Crippen molar-refractivity contribution in [2.75, 3.05) is 14.1 Å². The highest BCUT2D eigenvalue weighted by molar-refractivity contribution is 5.00. The lowest BCUT2D eigenvalue weighted by Gasteiger charge is -2.12. The maximum atomic E-state index is 2.40. The van der Waals surface area contributed by atoms with Crippen LogP contribution >= 0.6 is 0 Å². The second kappa shape index (κ2) is 27.3. The molecule has 1 nitrogen and oxygen atoms in total. The molecule has 0 amide bonds. The van der Waals surface area contributed by atoms with E-state index in [1.807, 2.05) is 0 Å². The summed E-state index contributed by atoms with van der Waals surface area (Å²) < 4.78 is 0. The van der Waals surface area contributed by atoms with Gasteiger partial charge in [0.25, 0.3) is 0 Å². The molecule has 33 heavy (non-hydrogen) atoms. The van der Waals surface area contributed by atoms with Crippen LogP contribution in [0.3, 0.4) is 0 Å². The van der Waals surface area contributed by atoms with Crippen molar-refractivity contribution in [3.05, 3.63) is 36.1 Å². The molecular formula is C32H61N. The predicted molar refractivity (Wildman–Crippen MR) is 153 cm³/mol. The number of allylic oxidation sites excluding steroid dienone is 5. The van der Waals surface area contributed by atoms with E-state index in [0.717, 1.165) is 6.42 Å². The van der Waals surface area contributed by atoms with Crippen molar-refractivity contribution < 1.29 is 0 Å². The maximum absolute atomic E-state index is 2.40. The summed E-state index contributed by atoms with van der Waals surface area (Å²) in [4.78, 5) is 2.24. The first-order chi connectivity index (χ1) is 16.2. The fourth-order valence-corrected chi connectivity index (χ4v) is 4.45. The first-order valence-corrected chi connectivity index (χ1v) is 14.9. The second-order valence-corrected chi connectivity index (χ2v) is 10.3. The van der Waals surface area contributed by atoms with E-state index < -0.39 is 0 Å². The summed E-state index contributed by atoms with van der Waals surface area (Å²) in [6, 6.07) is 0. The minimum Gasteiger partial charge on any atom is -0.384 e. The van der Waals surface area contributed by atoms with Gasteiger partial charge in [-0.1, -0.05) is 127 Å². The smallest absolute Gasteiger partial charge is 0.00556 e. The fraction of sp³-hybridized carbons (Fsp3) is 0.812. The molecule has 0 bridgehead atoms. The summed E-state index contributed by atoms with van der Waals surface area (Å²) in [6.45, 7) is 4.57. The summed E-state index contributed by atoms with van der Waals surface area (Å²) in [5, 5.41) is 0. The average Bonchev–Trinajstić information content (AvgIpc) is 2.80. The van der Waals surface area contributed by atoms with Crippen molar-refractivity contribution in [3.63, 3.8) is 0 Å². The summed E-state index contributed by atoms with van der Waals surface area (Å²) in [5.41, 5.74) is 1.68. The van der Waals surface area contributed by atoms with E-state index >= 15 is 0 Å². The van der Waals surface area contributed by atoms with Crippen LogP contribution < -0.4 is 0 Å². The topological polar surface area (TPSA) is 3.24 Å². The van der Waals surface area contributed by atoms with E-state index in [1.165, 1.54) is 135 Å². The van der Waals surface area contributed by atoms with Crippen LogP contribution in [0.4, 0.5) is 0 Å². The quantitative estimate of drug-likeness (QED) is 0.0968. The van der Waals surface area contributed by atoms with Crippen molar-refractivity contribution in [1.29, 1.82) is 0 Å². The van der Waals surface area contributed by atoms with Crippen molar-refractivity contribution in [3.8, 4) is 0 Å². The molecule has 0 atom stereocenters. The van der Waals surface area contributed by atoms with Gasteiger partial charge in [-0.05, 0) is 64.0 Å². The van der Waals surface area contributed by atoms with Crippen LogP contribution in [0.25, 0.3) is 0 Å². The summed E-state index contributed by atoms with van der Waals surface area (Å²) in [6.07, 6.45) is 41.8.